The van der Waals surface area contributed by atoms with Gasteiger partial charge in [0.15, 0.2) is 10.6 Å². The molecular formula is C19H26N4O3S. The third-order valence-corrected chi connectivity index (χ3v) is 5.33. The Morgan fingerprint density at radius 3 is 2.89 bits per heavy atom. The molecule has 7 nitrogen and oxygen atoms in total. The van der Waals surface area contributed by atoms with Crippen LogP contribution in [0.5, 0.6) is 5.75 Å². The van der Waals surface area contributed by atoms with Crippen molar-refractivity contribution in [2.24, 2.45) is 13.0 Å². The van der Waals surface area contributed by atoms with E-state index in [0.717, 1.165) is 36.5 Å². The second kappa shape index (κ2) is 8.67. The number of ether oxygens (including phenoxy) is 2. The van der Waals surface area contributed by atoms with Crippen LogP contribution in [-0.4, -0.2) is 52.0 Å². The van der Waals surface area contributed by atoms with Crippen molar-refractivity contribution in [3.8, 4) is 17.1 Å². The summed E-state index contributed by atoms with van der Waals surface area (Å²) < 4.78 is 15.0. The number of likely N-dealkylation sites (tertiary alicyclic amines) is 1. The molecule has 0 saturated carbocycles. The van der Waals surface area contributed by atoms with Crippen LogP contribution in [0.15, 0.2) is 24.3 Å². The molecule has 0 N–H and O–H groups in total. The number of benzene rings is 1. The fourth-order valence-electron chi connectivity index (χ4n) is 3.47. The van der Waals surface area contributed by atoms with Gasteiger partial charge in [-0.1, -0.05) is 12.1 Å². The molecule has 0 unspecified atom stereocenters. The third-order valence-electron chi connectivity index (χ3n) is 4.85. The highest BCUT2D eigenvalue weighted by atomic mass is 32.1. The van der Waals surface area contributed by atoms with Crippen LogP contribution in [0.4, 0.5) is 0 Å². The molecule has 0 bridgehead atoms. The number of aromatic nitrogens is 3. The number of carbonyl (C=O) groups is 1. The summed E-state index contributed by atoms with van der Waals surface area (Å²) in [5.41, 5.74) is 0.899. The molecular weight excluding hydrogens is 364 g/mol. The number of nitrogens with zero attached hydrogens (tertiary/aromatic N) is 4. The highest BCUT2D eigenvalue weighted by molar-refractivity contribution is 7.71. The van der Waals surface area contributed by atoms with E-state index in [2.05, 4.69) is 4.90 Å². The van der Waals surface area contributed by atoms with Gasteiger partial charge in [-0.3, -0.25) is 9.69 Å². The van der Waals surface area contributed by atoms with Gasteiger partial charge in [0.05, 0.1) is 31.9 Å². The lowest BCUT2D eigenvalue weighted by Crippen LogP contribution is -2.40. The molecule has 0 amide bonds. The minimum atomic E-state index is -0.110. The van der Waals surface area contributed by atoms with Gasteiger partial charge in [-0.2, -0.15) is 5.10 Å². The predicted octanol–water partition coefficient (Wildman–Crippen LogP) is 2.86. The lowest BCUT2D eigenvalue weighted by Gasteiger charge is -2.31. The van der Waals surface area contributed by atoms with E-state index in [-0.39, 0.29) is 11.9 Å². The smallest absolute Gasteiger partial charge is 0.310 e. The predicted molar refractivity (Wildman–Crippen MR) is 105 cm³/mol. The minimum absolute atomic E-state index is 0.0785. The van der Waals surface area contributed by atoms with Crippen LogP contribution < -0.4 is 4.74 Å². The zero-order chi connectivity index (χ0) is 19.4. The summed E-state index contributed by atoms with van der Waals surface area (Å²) in [6.45, 7) is 4.39. The molecule has 1 aliphatic heterocycles. The van der Waals surface area contributed by atoms with Gasteiger partial charge < -0.3 is 14.0 Å². The molecule has 2 heterocycles. The largest absolute Gasteiger partial charge is 0.496 e. The SMILES string of the molecule is CCOC(=O)[C@@H]1CCCN(Cn2nc(-c3ccccc3OC)n(C)c2=S)C1. The van der Waals surface area contributed by atoms with Crippen molar-refractivity contribution in [3.05, 3.63) is 29.0 Å². The number of hydrogen-bond donors (Lipinski definition) is 0. The summed E-state index contributed by atoms with van der Waals surface area (Å²) in [7, 11) is 3.55. The molecule has 146 valence electrons. The maximum Gasteiger partial charge on any atom is 0.310 e. The Hall–Kier alpha value is -2.19. The monoisotopic (exact) mass is 390 g/mol. The number of esters is 1. The van der Waals surface area contributed by atoms with Crippen LogP contribution in [0.25, 0.3) is 11.4 Å². The van der Waals surface area contributed by atoms with E-state index >= 15 is 0 Å². The Kier molecular flexibility index (Phi) is 6.28. The molecule has 0 aliphatic carbocycles. The normalized spacial score (nSPS) is 17.7. The van der Waals surface area contributed by atoms with Crippen LogP contribution in [0, 0.1) is 10.7 Å². The van der Waals surface area contributed by atoms with Gasteiger partial charge >= 0.3 is 5.97 Å². The highest BCUT2D eigenvalue weighted by Gasteiger charge is 2.27. The van der Waals surface area contributed by atoms with Crippen molar-refractivity contribution in [1.29, 1.82) is 0 Å². The fourth-order valence-corrected chi connectivity index (χ4v) is 3.65. The maximum absolute atomic E-state index is 12.1. The fraction of sp³-hybridized carbons (Fsp3) is 0.526. The topological polar surface area (TPSA) is 61.5 Å². The van der Waals surface area contributed by atoms with Crippen LogP contribution in [0.3, 0.4) is 0 Å². The van der Waals surface area contributed by atoms with E-state index in [9.17, 15) is 4.79 Å². The molecule has 0 spiro atoms. The Morgan fingerprint density at radius 1 is 1.37 bits per heavy atom. The summed E-state index contributed by atoms with van der Waals surface area (Å²) in [6, 6.07) is 7.76. The van der Waals surface area contributed by atoms with Gasteiger partial charge in [0.1, 0.15) is 5.75 Å². The van der Waals surface area contributed by atoms with Gasteiger partial charge in [0.2, 0.25) is 0 Å². The first kappa shape index (κ1) is 19.6. The third kappa shape index (κ3) is 4.22. The molecule has 3 rings (SSSR count). The lowest BCUT2D eigenvalue weighted by atomic mass is 9.99. The van der Waals surface area contributed by atoms with E-state index in [1.54, 1.807) is 7.11 Å². The molecule has 0 radical (unpaired) electrons. The number of hydrogen-bond acceptors (Lipinski definition) is 6. The molecule has 1 saturated heterocycles. The molecule has 1 aromatic carbocycles. The van der Waals surface area contributed by atoms with Gasteiger partial charge in [0.25, 0.3) is 0 Å². The van der Waals surface area contributed by atoms with Crippen molar-refractivity contribution in [3.63, 3.8) is 0 Å². The van der Waals surface area contributed by atoms with Gasteiger partial charge in [-0.05, 0) is 50.7 Å². The summed E-state index contributed by atoms with van der Waals surface area (Å²) in [5, 5.41) is 4.73. The molecule has 1 aliphatic rings. The Balaban J connectivity index is 1.80. The number of methoxy groups -OCH3 is 1. The Bertz CT molecular complexity index is 861. The molecule has 8 heteroatoms. The van der Waals surface area contributed by atoms with E-state index in [1.165, 1.54) is 0 Å². The number of para-hydroxylation sites is 1. The molecule has 1 fully saturated rings. The van der Waals surface area contributed by atoms with Crippen LogP contribution in [0.2, 0.25) is 0 Å². The van der Waals surface area contributed by atoms with Gasteiger partial charge in [0, 0.05) is 13.6 Å². The van der Waals surface area contributed by atoms with E-state index in [0.29, 0.717) is 24.6 Å². The lowest BCUT2D eigenvalue weighted by molar-refractivity contribution is -0.150. The number of carbonyl (C=O) groups excluding carboxylic acids is 1. The summed E-state index contributed by atoms with van der Waals surface area (Å²) >= 11 is 5.59. The first-order valence-electron chi connectivity index (χ1n) is 9.21. The summed E-state index contributed by atoms with van der Waals surface area (Å²) in [4.78, 5) is 14.3. The van der Waals surface area contributed by atoms with Crippen molar-refractivity contribution >= 4 is 18.2 Å². The Morgan fingerprint density at radius 2 is 2.15 bits per heavy atom. The number of piperidine rings is 1. The van der Waals surface area contributed by atoms with E-state index in [1.807, 2.05) is 47.5 Å². The van der Waals surface area contributed by atoms with Crippen molar-refractivity contribution < 1.29 is 14.3 Å². The van der Waals surface area contributed by atoms with Gasteiger partial charge in [-0.15, -0.1) is 0 Å². The average Bonchev–Trinajstić information content (AvgIpc) is 2.96. The standard InChI is InChI=1S/C19H26N4O3S/c1-4-26-18(24)14-8-7-11-22(12-14)13-23-19(27)21(2)17(20-23)15-9-5-6-10-16(15)25-3/h5-6,9-10,14H,4,7-8,11-13H2,1-3H3/t14-/m1/s1. The van der Waals surface area contributed by atoms with E-state index in [4.69, 9.17) is 26.8 Å². The zero-order valence-corrected chi connectivity index (χ0v) is 16.9. The average molecular weight is 391 g/mol. The maximum atomic E-state index is 12.1. The summed E-state index contributed by atoms with van der Waals surface area (Å²) in [5.74, 6) is 1.33. The summed E-state index contributed by atoms with van der Waals surface area (Å²) in [6.07, 6.45) is 1.83. The Labute approximate surface area is 164 Å². The molecule has 2 aromatic rings. The van der Waals surface area contributed by atoms with Crippen molar-refractivity contribution in [1.82, 2.24) is 19.2 Å². The molecule has 1 aromatic heterocycles. The molecule has 27 heavy (non-hydrogen) atoms. The first-order valence-corrected chi connectivity index (χ1v) is 9.62. The zero-order valence-electron chi connectivity index (χ0n) is 16.1. The van der Waals surface area contributed by atoms with Crippen LogP contribution >= 0.6 is 12.2 Å². The molecule has 1 atom stereocenters. The second-order valence-electron chi connectivity index (χ2n) is 6.67. The van der Waals surface area contributed by atoms with Crippen LogP contribution in [0.1, 0.15) is 19.8 Å². The van der Waals surface area contributed by atoms with Crippen molar-refractivity contribution in [2.75, 3.05) is 26.8 Å². The first-order chi connectivity index (χ1) is 13.0. The highest BCUT2D eigenvalue weighted by Crippen LogP contribution is 2.28. The van der Waals surface area contributed by atoms with E-state index < -0.39 is 0 Å². The van der Waals surface area contributed by atoms with Gasteiger partial charge in [-0.25, -0.2) is 4.68 Å². The quantitative estimate of drug-likeness (QED) is 0.558. The second-order valence-corrected chi connectivity index (χ2v) is 7.04. The number of rotatable bonds is 6. The van der Waals surface area contributed by atoms with Crippen molar-refractivity contribution in [2.45, 2.75) is 26.4 Å². The van der Waals surface area contributed by atoms with Crippen LogP contribution in [-0.2, 0) is 23.2 Å². The minimum Gasteiger partial charge on any atom is -0.496 e.